The van der Waals surface area contributed by atoms with Gasteiger partial charge in [-0.2, -0.15) is 0 Å². The van der Waals surface area contributed by atoms with Crippen LogP contribution in [0, 0.1) is 5.92 Å². The zero-order valence-corrected chi connectivity index (χ0v) is 19.5. The fraction of sp³-hybridized carbons (Fsp3) is 0.783. The summed E-state index contributed by atoms with van der Waals surface area (Å²) >= 11 is 0. The lowest BCUT2D eigenvalue weighted by Crippen LogP contribution is -2.51. The van der Waals surface area contributed by atoms with Crippen molar-refractivity contribution in [2.75, 3.05) is 53.2 Å². The van der Waals surface area contributed by atoms with Gasteiger partial charge in [-0.05, 0) is 40.0 Å². The molecule has 2 fully saturated rings. The number of rotatable bonds is 13. The molecule has 0 aromatic rings. The minimum absolute atomic E-state index is 0.0754. The third-order valence-corrected chi connectivity index (χ3v) is 5.77. The Bertz CT molecular complexity index is 613. The van der Waals surface area contributed by atoms with Crippen molar-refractivity contribution in [2.45, 2.75) is 57.8 Å². The van der Waals surface area contributed by atoms with E-state index in [4.69, 9.17) is 29.4 Å². The van der Waals surface area contributed by atoms with E-state index in [1.54, 1.807) is 7.11 Å². The fourth-order valence-electron chi connectivity index (χ4n) is 4.14. The number of nitrogens with one attached hydrogen (secondary N) is 1. The fourth-order valence-corrected chi connectivity index (χ4v) is 4.14. The highest BCUT2D eigenvalue weighted by Gasteiger charge is 2.59. The summed E-state index contributed by atoms with van der Waals surface area (Å²) in [6, 6.07) is 0. The van der Waals surface area contributed by atoms with Gasteiger partial charge in [0.1, 0.15) is 17.8 Å². The van der Waals surface area contributed by atoms with Crippen molar-refractivity contribution in [1.82, 2.24) is 5.32 Å². The second kappa shape index (κ2) is 13.2. The van der Waals surface area contributed by atoms with Crippen molar-refractivity contribution < 1.29 is 28.5 Å². The first-order chi connectivity index (χ1) is 14.9. The van der Waals surface area contributed by atoms with Crippen molar-refractivity contribution in [2.24, 2.45) is 11.7 Å². The summed E-state index contributed by atoms with van der Waals surface area (Å²) in [5.74, 6) is 0.0754. The van der Waals surface area contributed by atoms with Gasteiger partial charge in [0.05, 0.1) is 33.0 Å². The molecule has 178 valence electrons. The molecule has 1 spiro atoms. The largest absolute Gasteiger partial charge is 0.443 e. The molecule has 0 bridgehead atoms. The van der Waals surface area contributed by atoms with E-state index in [-0.39, 0.29) is 23.7 Å². The van der Waals surface area contributed by atoms with E-state index in [0.717, 1.165) is 25.9 Å². The van der Waals surface area contributed by atoms with Crippen molar-refractivity contribution in [3.63, 3.8) is 0 Å². The highest BCUT2D eigenvalue weighted by molar-refractivity contribution is 5.67. The highest BCUT2D eigenvalue weighted by Crippen LogP contribution is 2.50. The van der Waals surface area contributed by atoms with E-state index in [1.165, 1.54) is 11.1 Å². The van der Waals surface area contributed by atoms with E-state index in [2.05, 4.69) is 38.2 Å². The molecule has 1 saturated carbocycles. The van der Waals surface area contributed by atoms with Crippen LogP contribution in [0.2, 0.25) is 0 Å². The third-order valence-electron chi connectivity index (χ3n) is 5.77. The number of carbonyl (C=O) groups is 1. The smallest absolute Gasteiger partial charge is 0.407 e. The Morgan fingerprint density at radius 1 is 1.16 bits per heavy atom. The molecule has 0 aromatic carbocycles. The summed E-state index contributed by atoms with van der Waals surface area (Å²) in [5.41, 5.74) is 7.68. The first-order valence-electron chi connectivity index (χ1n) is 11.2. The second-order valence-corrected chi connectivity index (χ2v) is 8.42. The zero-order chi connectivity index (χ0) is 22.7. The maximum absolute atomic E-state index is 12.3. The van der Waals surface area contributed by atoms with Crippen LogP contribution in [0.1, 0.15) is 40.0 Å². The molecule has 2 rings (SSSR count). The molecule has 8 heteroatoms. The van der Waals surface area contributed by atoms with Crippen LogP contribution in [-0.2, 0) is 23.7 Å². The maximum Gasteiger partial charge on any atom is 0.407 e. The van der Waals surface area contributed by atoms with Crippen LogP contribution in [0.4, 0.5) is 4.79 Å². The first-order valence-corrected chi connectivity index (χ1v) is 11.2. The summed E-state index contributed by atoms with van der Waals surface area (Å²) in [6.07, 6.45) is 5.87. The molecule has 3 unspecified atom stereocenters. The molecular formula is C23H40N2O6. The van der Waals surface area contributed by atoms with Gasteiger partial charge in [0, 0.05) is 26.1 Å². The van der Waals surface area contributed by atoms with Crippen LogP contribution in [0.25, 0.3) is 0 Å². The van der Waals surface area contributed by atoms with Crippen molar-refractivity contribution in [3.05, 3.63) is 23.3 Å². The zero-order valence-electron chi connectivity index (χ0n) is 19.5. The lowest BCUT2D eigenvalue weighted by Gasteiger charge is -2.41. The summed E-state index contributed by atoms with van der Waals surface area (Å²) in [5, 5.41) is 2.75. The van der Waals surface area contributed by atoms with Gasteiger partial charge >= 0.3 is 6.09 Å². The van der Waals surface area contributed by atoms with Crippen LogP contribution in [0.3, 0.4) is 0 Å². The number of epoxide rings is 1. The minimum atomic E-state index is -0.451. The normalized spacial score (nSPS) is 27.8. The van der Waals surface area contributed by atoms with Gasteiger partial charge in [0.15, 0.2) is 0 Å². The van der Waals surface area contributed by atoms with Crippen molar-refractivity contribution in [3.8, 4) is 0 Å². The summed E-state index contributed by atoms with van der Waals surface area (Å²) in [6.45, 7) is 9.78. The number of methoxy groups -OCH3 is 1. The molecule has 1 aliphatic carbocycles. The molecule has 0 radical (unpaired) electrons. The van der Waals surface area contributed by atoms with E-state index in [9.17, 15) is 4.79 Å². The second-order valence-electron chi connectivity index (χ2n) is 8.42. The minimum Gasteiger partial charge on any atom is -0.443 e. The molecule has 3 N–H and O–H groups in total. The Labute approximate surface area is 186 Å². The molecule has 1 aliphatic heterocycles. The topological polar surface area (TPSA) is 105 Å². The molecule has 0 aromatic heterocycles. The van der Waals surface area contributed by atoms with E-state index < -0.39 is 6.09 Å². The number of hydrogen-bond donors (Lipinski definition) is 2. The number of nitrogens with two attached hydrogens (primary N) is 1. The number of carbonyl (C=O) groups excluding carboxylic acids is 1. The monoisotopic (exact) mass is 440 g/mol. The quantitative estimate of drug-likeness (QED) is 0.258. The molecular weight excluding hydrogens is 400 g/mol. The average Bonchev–Trinajstić information content (AvgIpc) is 3.50. The van der Waals surface area contributed by atoms with Gasteiger partial charge in [0.2, 0.25) is 0 Å². The van der Waals surface area contributed by atoms with Crippen LogP contribution in [0.15, 0.2) is 23.3 Å². The van der Waals surface area contributed by atoms with E-state index >= 15 is 0 Å². The van der Waals surface area contributed by atoms with Gasteiger partial charge in [0.25, 0.3) is 0 Å². The third kappa shape index (κ3) is 8.20. The summed E-state index contributed by atoms with van der Waals surface area (Å²) in [7, 11) is 1.68. The van der Waals surface area contributed by atoms with Gasteiger partial charge in [-0.1, -0.05) is 23.3 Å². The standard InChI is InChI=1S/C23H40N2O6/c1-17(2)6-5-7-18(3)20-21(27-4)19(8-9-23(20)16-30-23)31-22(26)25-11-13-29-15-14-28-12-10-24/h6-7,19-21H,5,8-16,24H2,1-4H3,(H,25,26)/b18-7+/t19?,20?,21?,23-/m0/s1. The number of amides is 1. The first kappa shape index (κ1) is 25.8. The van der Waals surface area contributed by atoms with Gasteiger partial charge in [-0.3, -0.25) is 0 Å². The molecule has 2 aliphatic rings. The summed E-state index contributed by atoms with van der Waals surface area (Å²) in [4.78, 5) is 12.3. The Morgan fingerprint density at radius 2 is 1.87 bits per heavy atom. The molecule has 4 atom stereocenters. The Hall–Kier alpha value is -1.45. The SMILES string of the molecule is COC1C(OC(=O)NCCOCCOCCN)CC[C@]2(CO2)C1/C(C)=C/CC=C(C)C. The molecule has 31 heavy (non-hydrogen) atoms. The molecule has 8 nitrogen and oxygen atoms in total. The number of alkyl carbamates (subject to hydrolysis) is 1. The van der Waals surface area contributed by atoms with Gasteiger partial charge in [-0.25, -0.2) is 4.79 Å². The van der Waals surface area contributed by atoms with Crippen LogP contribution >= 0.6 is 0 Å². The van der Waals surface area contributed by atoms with Gasteiger partial charge in [-0.15, -0.1) is 0 Å². The Balaban J connectivity index is 1.83. The molecule has 1 amide bonds. The van der Waals surface area contributed by atoms with E-state index in [0.29, 0.717) is 39.5 Å². The lowest BCUT2D eigenvalue weighted by atomic mass is 9.72. The van der Waals surface area contributed by atoms with Crippen LogP contribution < -0.4 is 11.1 Å². The lowest BCUT2D eigenvalue weighted by molar-refractivity contribution is -0.0889. The maximum atomic E-state index is 12.3. The van der Waals surface area contributed by atoms with Crippen LogP contribution in [0.5, 0.6) is 0 Å². The average molecular weight is 441 g/mol. The summed E-state index contributed by atoms with van der Waals surface area (Å²) < 4.78 is 28.1. The number of allylic oxidation sites excluding steroid dienone is 3. The van der Waals surface area contributed by atoms with Crippen molar-refractivity contribution in [1.29, 1.82) is 0 Å². The molecule has 1 heterocycles. The van der Waals surface area contributed by atoms with E-state index in [1.807, 2.05) is 0 Å². The Morgan fingerprint density at radius 3 is 2.48 bits per heavy atom. The predicted octanol–water partition coefficient (Wildman–Crippen LogP) is 2.57. The van der Waals surface area contributed by atoms with Gasteiger partial charge < -0.3 is 34.7 Å². The molecule has 1 saturated heterocycles. The predicted molar refractivity (Wildman–Crippen MR) is 119 cm³/mol. The Kier molecular flexibility index (Phi) is 11.0. The van der Waals surface area contributed by atoms with Crippen LogP contribution in [-0.4, -0.2) is 77.1 Å². The van der Waals surface area contributed by atoms with Crippen molar-refractivity contribution >= 4 is 6.09 Å². The highest BCUT2D eigenvalue weighted by atomic mass is 16.6. The number of ether oxygens (including phenoxy) is 5. The number of hydrogen-bond acceptors (Lipinski definition) is 7.